The van der Waals surface area contributed by atoms with Crippen molar-refractivity contribution in [1.29, 1.82) is 0 Å². The molecule has 0 aliphatic carbocycles. The van der Waals surface area contributed by atoms with Crippen molar-refractivity contribution in [3.05, 3.63) is 60.2 Å². The fourth-order valence-electron chi connectivity index (χ4n) is 2.74. The smallest absolute Gasteiger partial charge is 0.191 e. The first-order valence-electron chi connectivity index (χ1n) is 8.64. The molecule has 0 bridgehead atoms. The van der Waals surface area contributed by atoms with Gasteiger partial charge in [0.15, 0.2) is 17.5 Å². The molecule has 5 nitrogen and oxygen atoms in total. The number of halogens is 1. The van der Waals surface area contributed by atoms with Crippen molar-refractivity contribution in [2.45, 2.75) is 18.9 Å². The summed E-state index contributed by atoms with van der Waals surface area (Å²) < 4.78 is 11.7. The Bertz CT molecular complexity index is 709. The molecule has 1 heterocycles. The predicted octanol–water partition coefficient (Wildman–Crippen LogP) is 3.41. The second kappa shape index (κ2) is 10.3. The van der Waals surface area contributed by atoms with Crippen LogP contribution in [0.4, 0.5) is 0 Å². The standard InChI is InChI=1S/C20H25N3O2.HI/c1-15(16-8-4-3-5-9-16)12-22-20(21-2)23-13-17-14-24-18-10-6-7-11-19(18)25-17;/h3-11,15,17H,12-14H2,1-2H3,(H2,21,22,23);1H. The molecule has 1 aliphatic heterocycles. The summed E-state index contributed by atoms with van der Waals surface area (Å²) in [6.07, 6.45) is -0.0417. The molecule has 6 heteroatoms. The van der Waals surface area contributed by atoms with Gasteiger partial charge in [0.2, 0.25) is 0 Å². The molecule has 0 fully saturated rings. The lowest BCUT2D eigenvalue weighted by Crippen LogP contribution is -2.46. The number of para-hydroxylation sites is 2. The summed E-state index contributed by atoms with van der Waals surface area (Å²) in [5, 5.41) is 6.68. The van der Waals surface area contributed by atoms with Crippen LogP contribution in [0.2, 0.25) is 0 Å². The van der Waals surface area contributed by atoms with E-state index in [0.717, 1.165) is 24.0 Å². The van der Waals surface area contributed by atoms with E-state index in [4.69, 9.17) is 9.47 Å². The van der Waals surface area contributed by atoms with Crippen LogP contribution in [0.25, 0.3) is 0 Å². The first-order valence-corrected chi connectivity index (χ1v) is 8.64. The van der Waals surface area contributed by atoms with Crippen LogP contribution in [0, 0.1) is 0 Å². The van der Waals surface area contributed by atoms with Crippen LogP contribution in [-0.4, -0.2) is 38.8 Å². The van der Waals surface area contributed by atoms with Crippen LogP contribution in [0.1, 0.15) is 18.4 Å². The molecule has 26 heavy (non-hydrogen) atoms. The van der Waals surface area contributed by atoms with Gasteiger partial charge in [0.25, 0.3) is 0 Å². The number of hydrogen-bond donors (Lipinski definition) is 2. The van der Waals surface area contributed by atoms with Gasteiger partial charge in [-0.1, -0.05) is 49.4 Å². The van der Waals surface area contributed by atoms with E-state index in [9.17, 15) is 0 Å². The average Bonchev–Trinajstić information content (AvgIpc) is 2.68. The molecule has 0 amide bonds. The van der Waals surface area contributed by atoms with Crippen molar-refractivity contribution in [3.8, 4) is 11.5 Å². The number of guanidine groups is 1. The van der Waals surface area contributed by atoms with Crippen molar-refractivity contribution in [1.82, 2.24) is 10.6 Å². The average molecular weight is 467 g/mol. The molecular weight excluding hydrogens is 441 g/mol. The van der Waals surface area contributed by atoms with Crippen LogP contribution in [-0.2, 0) is 0 Å². The molecule has 0 radical (unpaired) electrons. The normalized spacial score (nSPS) is 17.0. The highest BCUT2D eigenvalue weighted by Gasteiger charge is 2.20. The van der Waals surface area contributed by atoms with Gasteiger partial charge in [-0.05, 0) is 23.6 Å². The predicted molar refractivity (Wildman–Crippen MR) is 116 cm³/mol. The Morgan fingerprint density at radius 1 is 1.08 bits per heavy atom. The van der Waals surface area contributed by atoms with Crippen LogP contribution >= 0.6 is 24.0 Å². The van der Waals surface area contributed by atoms with E-state index in [1.165, 1.54) is 5.56 Å². The van der Waals surface area contributed by atoms with E-state index in [-0.39, 0.29) is 30.1 Å². The molecule has 0 saturated carbocycles. The van der Waals surface area contributed by atoms with Gasteiger partial charge in [-0.3, -0.25) is 4.99 Å². The zero-order valence-electron chi connectivity index (χ0n) is 15.1. The van der Waals surface area contributed by atoms with Crippen molar-refractivity contribution >= 4 is 29.9 Å². The Labute approximate surface area is 172 Å². The first-order chi connectivity index (χ1) is 12.3. The van der Waals surface area contributed by atoms with Crippen LogP contribution in [0.3, 0.4) is 0 Å². The second-order valence-corrected chi connectivity index (χ2v) is 6.14. The van der Waals surface area contributed by atoms with E-state index in [2.05, 4.69) is 46.8 Å². The Balaban J connectivity index is 0.00000243. The number of ether oxygens (including phenoxy) is 2. The number of aliphatic imine (C=N–C) groups is 1. The number of benzene rings is 2. The maximum Gasteiger partial charge on any atom is 0.191 e. The fourth-order valence-corrected chi connectivity index (χ4v) is 2.74. The van der Waals surface area contributed by atoms with Crippen molar-refractivity contribution < 1.29 is 9.47 Å². The monoisotopic (exact) mass is 467 g/mol. The number of fused-ring (bicyclic) bond motifs is 1. The van der Waals surface area contributed by atoms with E-state index in [1.807, 2.05) is 30.3 Å². The lowest BCUT2D eigenvalue weighted by molar-refractivity contribution is 0.0936. The highest BCUT2D eigenvalue weighted by Crippen LogP contribution is 2.30. The van der Waals surface area contributed by atoms with Gasteiger partial charge >= 0.3 is 0 Å². The van der Waals surface area contributed by atoms with E-state index < -0.39 is 0 Å². The minimum atomic E-state index is -0.0417. The summed E-state index contributed by atoms with van der Waals surface area (Å²) in [4.78, 5) is 4.28. The van der Waals surface area contributed by atoms with Gasteiger partial charge in [0.1, 0.15) is 12.7 Å². The quantitative estimate of drug-likeness (QED) is 0.402. The van der Waals surface area contributed by atoms with Gasteiger partial charge < -0.3 is 20.1 Å². The summed E-state index contributed by atoms with van der Waals surface area (Å²) in [6.45, 7) is 4.17. The van der Waals surface area contributed by atoms with Crippen LogP contribution < -0.4 is 20.1 Å². The van der Waals surface area contributed by atoms with Crippen molar-refractivity contribution in [2.75, 3.05) is 26.7 Å². The topological polar surface area (TPSA) is 54.9 Å². The summed E-state index contributed by atoms with van der Waals surface area (Å²) in [6, 6.07) is 18.2. The van der Waals surface area contributed by atoms with Gasteiger partial charge in [-0.2, -0.15) is 0 Å². The lowest BCUT2D eigenvalue weighted by Gasteiger charge is -2.27. The third-order valence-corrected chi connectivity index (χ3v) is 4.23. The zero-order chi connectivity index (χ0) is 17.5. The first kappa shape index (κ1) is 20.4. The molecule has 3 rings (SSSR count). The molecule has 0 aromatic heterocycles. The maximum atomic E-state index is 5.95. The second-order valence-electron chi connectivity index (χ2n) is 6.14. The molecule has 1 aliphatic rings. The number of hydrogen-bond acceptors (Lipinski definition) is 3. The molecule has 2 aromatic rings. The lowest BCUT2D eigenvalue weighted by atomic mass is 10.0. The highest BCUT2D eigenvalue weighted by atomic mass is 127. The minimum Gasteiger partial charge on any atom is -0.486 e. The molecule has 140 valence electrons. The van der Waals surface area contributed by atoms with E-state index >= 15 is 0 Å². The largest absolute Gasteiger partial charge is 0.486 e. The van der Waals surface area contributed by atoms with Crippen molar-refractivity contribution in [3.63, 3.8) is 0 Å². The molecule has 0 saturated heterocycles. The summed E-state index contributed by atoms with van der Waals surface area (Å²) in [5.74, 6) is 2.77. The molecular formula is C20H26IN3O2. The van der Waals surface area contributed by atoms with Gasteiger partial charge in [0.05, 0.1) is 6.54 Å². The Morgan fingerprint density at radius 3 is 2.50 bits per heavy atom. The van der Waals surface area contributed by atoms with Gasteiger partial charge in [-0.25, -0.2) is 0 Å². The molecule has 2 atom stereocenters. The van der Waals surface area contributed by atoms with E-state index in [0.29, 0.717) is 19.1 Å². The Kier molecular flexibility index (Phi) is 8.03. The highest BCUT2D eigenvalue weighted by molar-refractivity contribution is 14.0. The molecule has 2 N–H and O–H groups in total. The Morgan fingerprint density at radius 2 is 1.77 bits per heavy atom. The Hall–Kier alpha value is -1.96. The summed E-state index contributed by atoms with van der Waals surface area (Å²) in [5.41, 5.74) is 1.31. The van der Waals surface area contributed by atoms with Crippen molar-refractivity contribution in [2.24, 2.45) is 4.99 Å². The maximum absolute atomic E-state index is 5.95. The number of rotatable bonds is 5. The van der Waals surface area contributed by atoms with E-state index in [1.54, 1.807) is 7.05 Å². The summed E-state index contributed by atoms with van der Waals surface area (Å²) in [7, 11) is 1.77. The van der Waals surface area contributed by atoms with Gasteiger partial charge in [-0.15, -0.1) is 24.0 Å². The van der Waals surface area contributed by atoms with Crippen LogP contribution in [0.5, 0.6) is 11.5 Å². The molecule has 0 spiro atoms. The minimum absolute atomic E-state index is 0. The third kappa shape index (κ3) is 5.52. The molecule has 2 unspecified atom stereocenters. The SMILES string of the molecule is CN=C(NCC1COc2ccccc2O1)NCC(C)c1ccccc1.I. The molecule has 2 aromatic carbocycles. The van der Waals surface area contributed by atoms with Crippen LogP contribution in [0.15, 0.2) is 59.6 Å². The fraction of sp³-hybridized carbons (Fsp3) is 0.350. The summed E-state index contributed by atoms with van der Waals surface area (Å²) >= 11 is 0. The number of nitrogens with one attached hydrogen (secondary N) is 2. The van der Waals surface area contributed by atoms with Gasteiger partial charge in [0, 0.05) is 13.6 Å². The third-order valence-electron chi connectivity index (χ3n) is 4.23. The number of nitrogens with zero attached hydrogens (tertiary/aromatic N) is 1. The zero-order valence-corrected chi connectivity index (χ0v) is 17.5.